The first-order chi connectivity index (χ1) is 15.6. The van der Waals surface area contributed by atoms with Gasteiger partial charge in [-0.05, 0) is 49.6 Å². The number of hydrogen-bond donors (Lipinski definition) is 1. The number of fused-ring (bicyclic) bond motifs is 1. The van der Waals surface area contributed by atoms with Crippen LogP contribution in [-0.4, -0.2) is 28.9 Å². The van der Waals surface area contributed by atoms with E-state index in [1.807, 2.05) is 54.4 Å². The summed E-state index contributed by atoms with van der Waals surface area (Å²) < 4.78 is 5.86. The van der Waals surface area contributed by atoms with E-state index in [1.165, 1.54) is 11.1 Å². The summed E-state index contributed by atoms with van der Waals surface area (Å²) in [6.45, 7) is 6.79. The van der Waals surface area contributed by atoms with Gasteiger partial charge in [-0.1, -0.05) is 67.1 Å². The van der Waals surface area contributed by atoms with Gasteiger partial charge in [-0.3, -0.25) is 4.79 Å². The molecule has 0 bridgehead atoms. The Morgan fingerprint density at radius 1 is 0.969 bits per heavy atom. The van der Waals surface area contributed by atoms with Crippen LogP contribution >= 0.6 is 0 Å². The summed E-state index contributed by atoms with van der Waals surface area (Å²) in [5.74, 6) is 0.675. The van der Waals surface area contributed by atoms with Crippen LogP contribution in [0.1, 0.15) is 42.1 Å². The molecule has 1 heterocycles. The number of amides is 1. The molecular weight excluding hydrogens is 396 g/mol. The van der Waals surface area contributed by atoms with Crippen molar-refractivity contribution >= 4 is 16.8 Å². The van der Waals surface area contributed by atoms with Crippen LogP contribution in [0.15, 0.2) is 79.0 Å². The number of likely N-dealkylation sites (N-methyl/N-ethyl adjacent to an activating group) is 1. The highest BCUT2D eigenvalue weighted by Crippen LogP contribution is 2.34. The van der Waals surface area contributed by atoms with Crippen LogP contribution in [0, 0.1) is 6.92 Å². The second kappa shape index (κ2) is 9.73. The largest absolute Gasteiger partial charge is 0.484 e. The van der Waals surface area contributed by atoms with Gasteiger partial charge in [0.15, 0.2) is 6.61 Å². The molecule has 0 aliphatic rings. The van der Waals surface area contributed by atoms with E-state index >= 15 is 0 Å². The van der Waals surface area contributed by atoms with Crippen molar-refractivity contribution in [2.75, 3.05) is 13.2 Å². The maximum Gasteiger partial charge on any atom is 0.261 e. The third-order valence-electron chi connectivity index (χ3n) is 5.98. The van der Waals surface area contributed by atoms with Gasteiger partial charge in [0.25, 0.3) is 5.91 Å². The number of carbonyl (C=O) groups excluding carboxylic acids is 1. The highest BCUT2D eigenvalue weighted by atomic mass is 16.5. The summed E-state index contributed by atoms with van der Waals surface area (Å²) in [6, 6.07) is 24.4. The molecule has 0 unspecified atom stereocenters. The van der Waals surface area contributed by atoms with Crippen LogP contribution in [-0.2, 0) is 11.2 Å². The van der Waals surface area contributed by atoms with Crippen LogP contribution in [0.2, 0.25) is 0 Å². The predicted molar refractivity (Wildman–Crippen MR) is 130 cm³/mol. The van der Waals surface area contributed by atoms with Crippen LogP contribution in [0.3, 0.4) is 0 Å². The van der Waals surface area contributed by atoms with E-state index in [2.05, 4.69) is 55.2 Å². The minimum Gasteiger partial charge on any atom is -0.484 e. The van der Waals surface area contributed by atoms with Crippen LogP contribution in [0.25, 0.3) is 10.9 Å². The van der Waals surface area contributed by atoms with Gasteiger partial charge in [0.2, 0.25) is 0 Å². The second-order valence-corrected chi connectivity index (χ2v) is 8.07. The number of ether oxygens (including phenoxy) is 1. The van der Waals surface area contributed by atoms with Crippen molar-refractivity contribution in [3.8, 4) is 5.75 Å². The van der Waals surface area contributed by atoms with E-state index in [9.17, 15) is 4.79 Å². The number of H-pyrrole nitrogens is 1. The molecule has 4 heteroatoms. The average Bonchev–Trinajstić information content (AvgIpc) is 3.26. The van der Waals surface area contributed by atoms with Gasteiger partial charge in [0, 0.05) is 29.2 Å². The zero-order chi connectivity index (χ0) is 22.5. The molecule has 0 aliphatic heterocycles. The van der Waals surface area contributed by atoms with Crippen LogP contribution in [0.4, 0.5) is 0 Å². The Bertz CT molecular complexity index is 1180. The lowest BCUT2D eigenvalue weighted by atomic mass is 9.95. The summed E-state index contributed by atoms with van der Waals surface area (Å²) in [7, 11) is 0. The molecule has 3 aromatic carbocycles. The van der Waals surface area contributed by atoms with E-state index in [0.29, 0.717) is 12.3 Å². The van der Waals surface area contributed by atoms with Crippen molar-refractivity contribution in [2.24, 2.45) is 0 Å². The molecule has 4 aromatic rings. The second-order valence-electron chi connectivity index (χ2n) is 8.07. The van der Waals surface area contributed by atoms with Crippen LogP contribution in [0.5, 0.6) is 5.75 Å². The molecule has 1 aromatic heterocycles. The third kappa shape index (κ3) is 4.54. The lowest BCUT2D eigenvalue weighted by molar-refractivity contribution is -0.134. The molecule has 32 heavy (non-hydrogen) atoms. The summed E-state index contributed by atoms with van der Waals surface area (Å²) in [6.07, 6.45) is 3.00. The zero-order valence-corrected chi connectivity index (χ0v) is 19.0. The predicted octanol–water partition coefficient (Wildman–Crippen LogP) is 6.06. The summed E-state index contributed by atoms with van der Waals surface area (Å²) >= 11 is 0. The number of carbonyl (C=O) groups is 1. The van der Waals surface area contributed by atoms with Gasteiger partial charge >= 0.3 is 0 Å². The van der Waals surface area contributed by atoms with Crippen molar-refractivity contribution in [2.45, 2.75) is 33.2 Å². The molecule has 4 nitrogen and oxygen atoms in total. The first kappa shape index (κ1) is 21.7. The fraction of sp³-hybridized carbons (Fsp3) is 0.250. The van der Waals surface area contributed by atoms with Crippen molar-refractivity contribution in [3.05, 3.63) is 101 Å². The number of hydrogen-bond acceptors (Lipinski definition) is 2. The Labute approximate surface area is 189 Å². The molecule has 0 aliphatic carbocycles. The number of aromatic nitrogens is 1. The monoisotopic (exact) mass is 426 g/mol. The van der Waals surface area contributed by atoms with Crippen molar-refractivity contribution in [1.82, 2.24) is 9.88 Å². The van der Waals surface area contributed by atoms with E-state index in [1.54, 1.807) is 0 Å². The average molecular weight is 427 g/mol. The van der Waals surface area contributed by atoms with Crippen LogP contribution < -0.4 is 4.74 Å². The first-order valence-corrected chi connectivity index (χ1v) is 11.2. The first-order valence-electron chi connectivity index (χ1n) is 11.2. The van der Waals surface area contributed by atoms with Gasteiger partial charge < -0.3 is 14.6 Å². The van der Waals surface area contributed by atoms with Crippen molar-refractivity contribution in [1.29, 1.82) is 0 Å². The molecular formula is C28H30N2O2. The lowest BCUT2D eigenvalue weighted by Crippen LogP contribution is -2.38. The molecule has 1 N–H and O–H groups in total. The Morgan fingerprint density at radius 2 is 1.69 bits per heavy atom. The minimum absolute atomic E-state index is 0.00400. The zero-order valence-electron chi connectivity index (χ0n) is 19.0. The van der Waals surface area contributed by atoms with Gasteiger partial charge in [-0.2, -0.15) is 0 Å². The molecule has 4 rings (SSSR count). The molecule has 0 saturated carbocycles. The fourth-order valence-corrected chi connectivity index (χ4v) is 4.15. The number of rotatable bonds is 8. The fourth-order valence-electron chi connectivity index (χ4n) is 4.15. The highest BCUT2D eigenvalue weighted by Gasteiger charge is 2.28. The number of aryl methyl sites for hydroxylation is 2. The molecule has 0 radical (unpaired) electrons. The lowest BCUT2D eigenvalue weighted by Gasteiger charge is -2.31. The van der Waals surface area contributed by atoms with Gasteiger partial charge in [0.05, 0.1) is 6.04 Å². The summed E-state index contributed by atoms with van der Waals surface area (Å²) in [5, 5.41) is 1.13. The Balaban J connectivity index is 1.65. The summed E-state index contributed by atoms with van der Waals surface area (Å²) in [4.78, 5) is 18.6. The molecule has 1 atom stereocenters. The summed E-state index contributed by atoms with van der Waals surface area (Å²) in [5.41, 5.74) is 5.68. The molecule has 0 saturated heterocycles. The number of aromatic amines is 1. The molecule has 0 fully saturated rings. The number of nitrogens with one attached hydrogen (secondary N) is 1. The van der Waals surface area contributed by atoms with Crippen molar-refractivity contribution < 1.29 is 9.53 Å². The Kier molecular flexibility index (Phi) is 6.60. The third-order valence-corrected chi connectivity index (χ3v) is 5.98. The van der Waals surface area contributed by atoms with Gasteiger partial charge in [0.1, 0.15) is 5.75 Å². The Morgan fingerprint density at radius 3 is 2.38 bits per heavy atom. The SMILES string of the molecule is CCc1ccc(OCC(=O)N(CC)[C@H](c2ccc(C)cc2)c2c[nH]c3ccccc23)cc1. The standard InChI is InChI=1S/C28H30N2O2/c1-4-21-12-16-23(17-13-21)32-19-27(31)30(5-2)28(22-14-10-20(3)11-15-22)25-18-29-26-9-7-6-8-24(25)26/h6-18,28-29H,4-5,19H2,1-3H3/t28-/m1/s1. The van der Waals surface area contributed by atoms with Crippen molar-refractivity contribution in [3.63, 3.8) is 0 Å². The van der Waals surface area contributed by atoms with E-state index in [0.717, 1.165) is 28.5 Å². The molecule has 1 amide bonds. The van der Waals surface area contributed by atoms with Gasteiger partial charge in [-0.25, -0.2) is 0 Å². The van der Waals surface area contributed by atoms with E-state index < -0.39 is 0 Å². The molecule has 164 valence electrons. The maximum atomic E-state index is 13.4. The molecule has 0 spiro atoms. The quantitative estimate of drug-likeness (QED) is 0.372. The number of benzene rings is 3. The maximum absolute atomic E-state index is 13.4. The number of para-hydroxylation sites is 1. The van der Waals surface area contributed by atoms with E-state index in [-0.39, 0.29) is 18.6 Å². The minimum atomic E-state index is -0.199. The van der Waals surface area contributed by atoms with Gasteiger partial charge in [-0.15, -0.1) is 0 Å². The number of nitrogens with zero attached hydrogens (tertiary/aromatic N) is 1. The highest BCUT2D eigenvalue weighted by molar-refractivity contribution is 5.86. The van der Waals surface area contributed by atoms with E-state index in [4.69, 9.17) is 4.74 Å². The normalized spacial score (nSPS) is 12.0. The Hall–Kier alpha value is -3.53. The topological polar surface area (TPSA) is 45.3 Å². The smallest absolute Gasteiger partial charge is 0.261 e.